The van der Waals surface area contributed by atoms with E-state index >= 15 is 0 Å². The van der Waals surface area contributed by atoms with Gasteiger partial charge >= 0.3 is 0 Å². The van der Waals surface area contributed by atoms with Gasteiger partial charge in [-0.25, -0.2) is 0 Å². The van der Waals surface area contributed by atoms with E-state index in [2.05, 4.69) is 143 Å². The van der Waals surface area contributed by atoms with Gasteiger partial charge in [0.05, 0.1) is 39.4 Å². The van der Waals surface area contributed by atoms with E-state index in [9.17, 15) is 5.26 Å². The van der Waals surface area contributed by atoms with Crippen LogP contribution in [0.1, 0.15) is 23.3 Å². The first-order chi connectivity index (χ1) is 23.3. The maximum atomic E-state index is 10.4. The van der Waals surface area contributed by atoms with E-state index in [1.165, 1.54) is 38.1 Å². The van der Waals surface area contributed by atoms with Gasteiger partial charge in [-0.15, -0.1) is 0 Å². The van der Waals surface area contributed by atoms with Gasteiger partial charge in [0.25, 0.3) is 0 Å². The van der Waals surface area contributed by atoms with Crippen LogP contribution in [0, 0.1) is 11.3 Å². The molecule has 4 heteroatoms. The largest absolute Gasteiger partial charge is 0.460 e. The van der Waals surface area contributed by atoms with Crippen molar-refractivity contribution in [3.05, 3.63) is 150 Å². The zero-order chi connectivity index (χ0) is 31.1. The first kappa shape index (κ1) is 26.0. The van der Waals surface area contributed by atoms with Crippen molar-refractivity contribution >= 4 is 60.7 Å². The molecule has 4 nitrogen and oxygen atoms in total. The highest BCUT2D eigenvalue weighted by molar-refractivity contribution is 6.14. The van der Waals surface area contributed by atoms with Crippen molar-refractivity contribution in [2.75, 3.05) is 0 Å². The Morgan fingerprint density at radius 1 is 0.596 bits per heavy atom. The van der Waals surface area contributed by atoms with E-state index in [0.29, 0.717) is 5.56 Å². The third kappa shape index (κ3) is 3.69. The highest BCUT2D eigenvalue weighted by Gasteiger charge is 2.22. The molecule has 3 heterocycles. The van der Waals surface area contributed by atoms with E-state index in [4.69, 9.17) is 4.42 Å². The van der Waals surface area contributed by atoms with E-state index in [1.54, 1.807) is 0 Å². The maximum absolute atomic E-state index is 10.4. The van der Waals surface area contributed by atoms with Crippen molar-refractivity contribution in [1.82, 2.24) is 9.13 Å². The van der Waals surface area contributed by atoms with Crippen molar-refractivity contribution in [3.63, 3.8) is 0 Å². The van der Waals surface area contributed by atoms with Crippen molar-refractivity contribution in [2.24, 2.45) is 0 Å². The number of furan rings is 1. The van der Waals surface area contributed by atoms with Crippen molar-refractivity contribution < 1.29 is 4.42 Å². The average molecular weight is 602 g/mol. The Labute approximate surface area is 270 Å². The second-order valence-electron chi connectivity index (χ2n) is 12.3. The standard InChI is InChI=1S/C43H27N3O/c44-26-28-10-9-18-39(43(28)27-20-22-29(23-21-27)45-36-15-5-1-11-30(36)31-12-2-6-16-37(31)45)46-38-17-7-3-13-32(38)34-24-35-33-14-4-8-19-41(33)47-42(35)25-40(34)46/h1-7,9-18,20-25H,8,19H2. The van der Waals surface area contributed by atoms with Gasteiger partial charge in [0, 0.05) is 56.2 Å². The Hall–Kier alpha value is -6.31. The second-order valence-corrected chi connectivity index (χ2v) is 12.3. The summed E-state index contributed by atoms with van der Waals surface area (Å²) in [5.74, 6) is 1.06. The number of allylic oxidation sites excluding steroid dienone is 1. The fourth-order valence-corrected chi connectivity index (χ4v) is 7.77. The molecule has 1 aliphatic rings. The Balaban J connectivity index is 1.21. The topological polar surface area (TPSA) is 46.8 Å². The number of nitrogens with zero attached hydrogens (tertiary/aromatic N) is 3. The van der Waals surface area contributed by atoms with Gasteiger partial charge in [-0.2, -0.15) is 5.26 Å². The average Bonchev–Trinajstić information content (AvgIpc) is 3.77. The quantitative estimate of drug-likeness (QED) is 0.202. The molecule has 9 aromatic rings. The van der Waals surface area contributed by atoms with Crippen LogP contribution in [0.5, 0.6) is 0 Å². The van der Waals surface area contributed by atoms with Crippen LogP contribution < -0.4 is 0 Å². The third-order valence-corrected chi connectivity index (χ3v) is 9.82. The lowest BCUT2D eigenvalue weighted by Crippen LogP contribution is -2.00. The number of fused-ring (bicyclic) bond motifs is 9. The van der Waals surface area contributed by atoms with E-state index in [-0.39, 0.29) is 0 Å². The first-order valence-corrected chi connectivity index (χ1v) is 16.1. The van der Waals surface area contributed by atoms with Crippen LogP contribution in [0.15, 0.2) is 138 Å². The van der Waals surface area contributed by atoms with Gasteiger partial charge in [0.15, 0.2) is 0 Å². The minimum Gasteiger partial charge on any atom is -0.460 e. The van der Waals surface area contributed by atoms with Crippen molar-refractivity contribution in [2.45, 2.75) is 12.8 Å². The molecule has 0 unspecified atom stereocenters. The molecule has 0 amide bonds. The summed E-state index contributed by atoms with van der Waals surface area (Å²) in [7, 11) is 0. The summed E-state index contributed by atoms with van der Waals surface area (Å²) in [6.07, 6.45) is 6.36. The molecule has 0 fully saturated rings. The Morgan fingerprint density at radius 2 is 1.26 bits per heavy atom. The number of para-hydroxylation sites is 3. The number of rotatable bonds is 3. The first-order valence-electron chi connectivity index (χ1n) is 16.1. The molecule has 1 aliphatic carbocycles. The van der Waals surface area contributed by atoms with Gasteiger partial charge < -0.3 is 13.6 Å². The molecule has 10 rings (SSSR count). The molecular weight excluding hydrogens is 574 g/mol. The Morgan fingerprint density at radius 3 is 1.96 bits per heavy atom. The molecule has 3 aromatic heterocycles. The Bertz CT molecular complexity index is 2740. The summed E-state index contributed by atoms with van der Waals surface area (Å²) in [5, 5.41) is 16.4. The van der Waals surface area contributed by atoms with E-state index in [1.807, 2.05) is 12.1 Å². The highest BCUT2D eigenvalue weighted by atomic mass is 16.3. The van der Waals surface area contributed by atoms with Crippen LogP contribution in [0.2, 0.25) is 0 Å². The van der Waals surface area contributed by atoms with Crippen LogP contribution in [-0.4, -0.2) is 9.13 Å². The van der Waals surface area contributed by atoms with Crippen LogP contribution in [0.25, 0.3) is 83.2 Å². The smallest absolute Gasteiger partial charge is 0.137 e. The molecule has 0 bridgehead atoms. The van der Waals surface area contributed by atoms with Crippen molar-refractivity contribution in [3.8, 4) is 28.6 Å². The molecule has 0 atom stereocenters. The number of hydrogen-bond acceptors (Lipinski definition) is 2. The lowest BCUT2D eigenvalue weighted by atomic mass is 9.97. The van der Waals surface area contributed by atoms with Crippen LogP contribution >= 0.6 is 0 Å². The molecule has 0 aliphatic heterocycles. The molecule has 0 spiro atoms. The lowest BCUT2D eigenvalue weighted by Gasteiger charge is -2.16. The van der Waals surface area contributed by atoms with Crippen LogP contribution in [-0.2, 0) is 6.42 Å². The van der Waals surface area contributed by atoms with Gasteiger partial charge in [0.1, 0.15) is 11.3 Å². The molecule has 47 heavy (non-hydrogen) atoms. The van der Waals surface area contributed by atoms with Gasteiger partial charge in [-0.05, 0) is 60.5 Å². The number of benzene rings is 6. The number of aryl methyl sites for hydroxylation is 1. The van der Waals surface area contributed by atoms with Gasteiger partial charge in [-0.1, -0.05) is 84.9 Å². The summed E-state index contributed by atoms with van der Waals surface area (Å²) >= 11 is 0. The third-order valence-electron chi connectivity index (χ3n) is 9.82. The maximum Gasteiger partial charge on any atom is 0.137 e. The molecule has 0 saturated carbocycles. The summed E-state index contributed by atoms with van der Waals surface area (Å²) in [5.41, 5.74) is 11.2. The predicted molar refractivity (Wildman–Crippen MR) is 192 cm³/mol. The van der Waals surface area contributed by atoms with Crippen molar-refractivity contribution in [1.29, 1.82) is 5.26 Å². The zero-order valence-electron chi connectivity index (χ0n) is 25.4. The molecule has 6 aromatic carbocycles. The van der Waals surface area contributed by atoms with Gasteiger partial charge in [-0.3, -0.25) is 0 Å². The summed E-state index contributed by atoms with van der Waals surface area (Å²) in [6, 6.07) is 47.3. The molecule has 220 valence electrons. The Kier molecular flexibility index (Phi) is 5.44. The number of nitriles is 1. The molecule has 0 radical (unpaired) electrons. The molecule has 0 saturated heterocycles. The van der Waals surface area contributed by atoms with Gasteiger partial charge in [0.2, 0.25) is 0 Å². The minimum atomic E-state index is 0.637. The predicted octanol–water partition coefficient (Wildman–Crippen LogP) is 11.1. The number of aromatic nitrogens is 2. The lowest BCUT2D eigenvalue weighted by molar-refractivity contribution is 0.546. The van der Waals surface area contributed by atoms with E-state index < -0.39 is 0 Å². The highest BCUT2D eigenvalue weighted by Crippen LogP contribution is 2.42. The monoisotopic (exact) mass is 601 g/mol. The number of hydrogen-bond donors (Lipinski definition) is 0. The fraction of sp³-hybridized carbons (Fsp3) is 0.0465. The summed E-state index contributed by atoms with van der Waals surface area (Å²) in [6.45, 7) is 0. The minimum absolute atomic E-state index is 0.637. The zero-order valence-corrected chi connectivity index (χ0v) is 25.4. The second kappa shape index (κ2) is 9.84. The SMILES string of the molecule is N#Cc1cccc(-n2c3ccccc3c3cc4c5c(oc4cc32)CCC=C5)c1-c1ccc(-n2c3ccccc3c3ccccc32)cc1. The normalized spacial score (nSPS) is 12.8. The fourth-order valence-electron chi connectivity index (χ4n) is 7.77. The molecule has 0 N–H and O–H groups in total. The molecular formula is C43H27N3O. The van der Waals surface area contributed by atoms with E-state index in [0.717, 1.165) is 63.1 Å². The summed E-state index contributed by atoms with van der Waals surface area (Å²) in [4.78, 5) is 0. The van der Waals surface area contributed by atoms with Crippen LogP contribution in [0.3, 0.4) is 0 Å². The summed E-state index contributed by atoms with van der Waals surface area (Å²) < 4.78 is 11.1. The van der Waals surface area contributed by atoms with Crippen LogP contribution in [0.4, 0.5) is 0 Å².